The molecule has 5 rings (SSSR count). The predicted molar refractivity (Wildman–Crippen MR) is 148 cm³/mol. The van der Waals surface area contributed by atoms with E-state index in [4.69, 9.17) is 0 Å². The van der Waals surface area contributed by atoms with Crippen LogP contribution >= 0.6 is 11.3 Å². The third-order valence-electron chi connectivity index (χ3n) is 7.14. The van der Waals surface area contributed by atoms with Crippen LogP contribution in [0.25, 0.3) is 16.0 Å². The Balaban J connectivity index is 1.47. The number of likely N-dealkylation sites (N-methyl/N-ethyl adjacent to an activating group) is 2. The van der Waals surface area contributed by atoms with Crippen LogP contribution in [0.5, 0.6) is 0 Å². The van der Waals surface area contributed by atoms with Gasteiger partial charge in [-0.3, -0.25) is 0 Å². The third-order valence-corrected chi connectivity index (χ3v) is 9.56. The summed E-state index contributed by atoms with van der Waals surface area (Å²) in [6.45, 7) is 3.02. The Morgan fingerprint density at radius 2 is 1.88 bits per heavy atom. The van der Waals surface area contributed by atoms with Crippen molar-refractivity contribution >= 4 is 44.0 Å². The quantitative estimate of drug-likeness (QED) is 0.385. The number of rotatable bonds is 9. The monoisotopic (exact) mass is 608 g/mol. The van der Waals surface area contributed by atoms with Gasteiger partial charge in [0.15, 0.2) is 5.01 Å². The predicted octanol–water partition coefficient (Wildman–Crippen LogP) is 1.88. The number of carbonyl (C=O) groups is 1. The molecule has 41 heavy (non-hydrogen) atoms. The minimum Gasteiger partial charge on any atom is -0.367 e. The molecule has 0 atom stereocenters. The number of nitrogens with zero attached hydrogens (tertiary/aromatic N) is 9. The molecule has 1 saturated carbocycles. The van der Waals surface area contributed by atoms with Crippen LogP contribution in [-0.4, -0.2) is 115 Å². The normalized spacial score (nSPS) is 16.9. The second kappa shape index (κ2) is 11.1. The molecule has 1 aromatic carbocycles. The number of sulfonamides is 1. The van der Waals surface area contributed by atoms with Crippen molar-refractivity contribution in [3.63, 3.8) is 0 Å². The molecule has 0 unspecified atom stereocenters. The average molecular weight is 609 g/mol. The SMILES string of the molecule is CN(C)CCN(C)C(=O)N1CCN(c2cc(S(=O)(=O)NC3(C#N)CC3)cc3c2cnn3-c2nnc(C(F)F)s2)CC1. The molecular weight excluding hydrogens is 578 g/mol. The highest BCUT2D eigenvalue weighted by Crippen LogP contribution is 2.38. The van der Waals surface area contributed by atoms with Gasteiger partial charge in [0, 0.05) is 57.4 Å². The number of amides is 2. The van der Waals surface area contributed by atoms with E-state index in [2.05, 4.69) is 20.0 Å². The number of carbonyl (C=O) groups excluding carboxylic acids is 1. The van der Waals surface area contributed by atoms with Crippen molar-refractivity contribution in [2.45, 2.75) is 29.7 Å². The van der Waals surface area contributed by atoms with E-state index in [1.165, 1.54) is 23.0 Å². The molecule has 3 aromatic rings. The summed E-state index contributed by atoms with van der Waals surface area (Å²) >= 11 is 0.658. The minimum atomic E-state index is -4.12. The summed E-state index contributed by atoms with van der Waals surface area (Å²) in [6.07, 6.45) is -0.450. The lowest BCUT2D eigenvalue weighted by Gasteiger charge is -2.38. The topological polar surface area (TPSA) is 144 Å². The Morgan fingerprint density at radius 3 is 2.46 bits per heavy atom. The number of benzene rings is 1. The molecule has 0 bridgehead atoms. The van der Waals surface area contributed by atoms with E-state index in [-0.39, 0.29) is 16.1 Å². The lowest BCUT2D eigenvalue weighted by atomic mass is 10.1. The van der Waals surface area contributed by atoms with Crippen LogP contribution in [0.1, 0.15) is 24.3 Å². The summed E-state index contributed by atoms with van der Waals surface area (Å²) in [6, 6.07) is 4.86. The number of halogens is 2. The van der Waals surface area contributed by atoms with Crippen LogP contribution in [0.3, 0.4) is 0 Å². The van der Waals surface area contributed by atoms with E-state index >= 15 is 0 Å². The molecule has 3 heterocycles. The van der Waals surface area contributed by atoms with Gasteiger partial charge in [-0.15, -0.1) is 10.2 Å². The Hall–Kier alpha value is -3.46. The van der Waals surface area contributed by atoms with Crippen LogP contribution in [0.15, 0.2) is 23.2 Å². The molecule has 2 aromatic heterocycles. The Labute approximate surface area is 240 Å². The lowest BCUT2D eigenvalue weighted by Crippen LogP contribution is -2.52. The zero-order valence-electron chi connectivity index (χ0n) is 22.8. The number of piperazine rings is 1. The summed E-state index contributed by atoms with van der Waals surface area (Å²) < 4.78 is 57.0. The van der Waals surface area contributed by atoms with E-state index in [0.717, 1.165) is 6.54 Å². The number of anilines is 1. The maximum absolute atomic E-state index is 13.4. The first kappa shape index (κ1) is 29.0. The molecule has 2 amide bonds. The van der Waals surface area contributed by atoms with Crippen LogP contribution < -0.4 is 9.62 Å². The Bertz CT molecular complexity index is 1590. The first-order valence-corrected chi connectivity index (χ1v) is 15.2. The molecule has 2 fully saturated rings. The van der Waals surface area contributed by atoms with E-state index in [9.17, 15) is 27.3 Å². The van der Waals surface area contributed by atoms with E-state index in [1.54, 1.807) is 16.8 Å². The summed E-state index contributed by atoms with van der Waals surface area (Å²) in [7, 11) is 1.52. The number of nitrogens with one attached hydrogen (secondary N) is 1. The summed E-state index contributed by atoms with van der Waals surface area (Å²) in [5.41, 5.74) is -0.240. The van der Waals surface area contributed by atoms with Crippen molar-refractivity contribution in [3.05, 3.63) is 23.3 Å². The highest BCUT2D eigenvalue weighted by Gasteiger charge is 2.47. The summed E-state index contributed by atoms with van der Waals surface area (Å²) in [5.74, 6) is 0. The second-order valence-corrected chi connectivity index (χ2v) is 13.1. The maximum Gasteiger partial charge on any atom is 0.319 e. The highest BCUT2D eigenvalue weighted by atomic mass is 32.2. The first-order chi connectivity index (χ1) is 19.4. The van der Waals surface area contributed by atoms with Gasteiger partial charge in [-0.2, -0.15) is 15.1 Å². The number of hydrogen-bond acceptors (Lipinski definition) is 10. The number of urea groups is 1. The van der Waals surface area contributed by atoms with E-state index in [0.29, 0.717) is 73.5 Å². The Morgan fingerprint density at radius 1 is 1.17 bits per heavy atom. The van der Waals surface area contributed by atoms with Crippen molar-refractivity contribution in [2.24, 2.45) is 0 Å². The fourth-order valence-corrected chi connectivity index (χ4v) is 6.64. The Kier molecular flexibility index (Phi) is 7.85. The van der Waals surface area contributed by atoms with Gasteiger partial charge in [0.25, 0.3) is 6.43 Å². The molecular formula is C24H30F2N10O3S2. The van der Waals surface area contributed by atoms with Gasteiger partial charge in [0.05, 0.1) is 22.7 Å². The van der Waals surface area contributed by atoms with E-state index in [1.807, 2.05) is 30.0 Å². The van der Waals surface area contributed by atoms with Gasteiger partial charge in [-0.1, -0.05) is 11.3 Å². The zero-order chi connectivity index (χ0) is 29.5. The van der Waals surface area contributed by atoms with Crippen molar-refractivity contribution in [2.75, 3.05) is 65.3 Å². The molecule has 13 nitrogen and oxygen atoms in total. The maximum atomic E-state index is 13.4. The van der Waals surface area contributed by atoms with Gasteiger partial charge in [0.2, 0.25) is 15.2 Å². The van der Waals surface area contributed by atoms with Crippen molar-refractivity contribution in [3.8, 4) is 11.2 Å². The first-order valence-electron chi connectivity index (χ1n) is 12.9. The summed E-state index contributed by atoms with van der Waals surface area (Å²) in [5, 5.41) is 21.3. The molecule has 17 heteroatoms. The molecule has 220 valence electrons. The molecule has 1 aliphatic carbocycles. The number of hydrogen-bond donors (Lipinski definition) is 1. The fraction of sp³-hybridized carbons (Fsp3) is 0.542. The van der Waals surface area contributed by atoms with Crippen molar-refractivity contribution in [1.29, 1.82) is 5.26 Å². The average Bonchev–Trinajstić information content (AvgIpc) is 3.33. The van der Waals surface area contributed by atoms with Gasteiger partial charge < -0.3 is 19.6 Å². The van der Waals surface area contributed by atoms with Crippen LogP contribution in [0.2, 0.25) is 0 Å². The lowest BCUT2D eigenvalue weighted by molar-refractivity contribution is 0.150. The molecule has 1 N–H and O–H groups in total. The van der Waals surface area contributed by atoms with E-state index < -0.39 is 27.0 Å². The van der Waals surface area contributed by atoms with Gasteiger partial charge in [-0.25, -0.2) is 26.7 Å². The summed E-state index contributed by atoms with van der Waals surface area (Å²) in [4.78, 5) is 20.3. The second-order valence-electron chi connectivity index (χ2n) is 10.4. The number of aromatic nitrogens is 4. The van der Waals surface area contributed by atoms with Crippen LogP contribution in [0, 0.1) is 11.3 Å². The molecule has 0 spiro atoms. The number of fused-ring (bicyclic) bond motifs is 1. The fourth-order valence-electron chi connectivity index (χ4n) is 4.56. The van der Waals surface area contributed by atoms with Gasteiger partial charge in [-0.05, 0) is 39.1 Å². The van der Waals surface area contributed by atoms with Crippen molar-refractivity contribution in [1.82, 2.24) is 39.4 Å². The number of nitriles is 1. The zero-order valence-corrected chi connectivity index (χ0v) is 24.4. The third kappa shape index (κ3) is 5.96. The largest absolute Gasteiger partial charge is 0.367 e. The highest BCUT2D eigenvalue weighted by molar-refractivity contribution is 7.89. The standard InChI is InChI=1S/C24H30F2N10O3S2/c1-32(2)6-7-33(3)23(37)35-10-8-34(9-11-35)18-12-16(41(38,39)31-24(15-27)4-5-24)13-19-17(18)14-28-36(19)22-30-29-21(40-22)20(25)26/h12-14,20,31H,4-11H2,1-3H3. The van der Waals surface area contributed by atoms with Crippen LogP contribution in [-0.2, 0) is 10.0 Å². The van der Waals surface area contributed by atoms with Gasteiger partial charge in [0.1, 0.15) is 5.54 Å². The minimum absolute atomic E-state index is 0.0654. The molecule has 1 saturated heterocycles. The smallest absolute Gasteiger partial charge is 0.319 e. The van der Waals surface area contributed by atoms with Crippen molar-refractivity contribution < 1.29 is 22.0 Å². The molecule has 2 aliphatic rings. The molecule has 1 aliphatic heterocycles. The number of alkyl halides is 2. The van der Waals surface area contributed by atoms with Crippen LogP contribution in [0.4, 0.5) is 19.3 Å². The molecule has 0 radical (unpaired) electrons. The van der Waals surface area contributed by atoms with Gasteiger partial charge >= 0.3 is 6.03 Å².